The molecule has 8 nitrogen and oxygen atoms in total. The molecule has 4 saturated carbocycles. The molecule has 6 aliphatic rings. The Kier molecular flexibility index (Phi) is 10.3. The number of rotatable bonds is 7. The van der Waals surface area contributed by atoms with Crippen LogP contribution in [0.25, 0.3) is 6.08 Å². The van der Waals surface area contributed by atoms with E-state index in [0.29, 0.717) is 51.4 Å². The fourth-order valence-corrected chi connectivity index (χ4v) is 13.8. The summed E-state index contributed by atoms with van der Waals surface area (Å²) in [6.45, 7) is 21.6. The second kappa shape index (κ2) is 14.6. The van der Waals surface area contributed by atoms with Crippen molar-refractivity contribution in [1.29, 1.82) is 0 Å². The monoisotopic (exact) mass is 808 g/mol. The first kappa shape index (κ1) is 41.8. The van der Waals surface area contributed by atoms with E-state index in [1.165, 1.54) is 77.5 Å². The second-order valence-electron chi connectivity index (χ2n) is 21.6. The lowest BCUT2D eigenvalue weighted by Crippen LogP contribution is -2.64. The molecule has 2 aromatic rings. The molecule has 5 aliphatic carbocycles. The van der Waals surface area contributed by atoms with Gasteiger partial charge >= 0.3 is 11.9 Å². The lowest BCUT2D eigenvalue weighted by atomic mass is 9.33. The van der Waals surface area contributed by atoms with Crippen molar-refractivity contribution in [2.75, 3.05) is 13.7 Å². The average Bonchev–Trinajstić information content (AvgIpc) is 3.18. The first-order valence-corrected chi connectivity index (χ1v) is 22.3. The maximum absolute atomic E-state index is 13.6. The van der Waals surface area contributed by atoms with Gasteiger partial charge in [-0.1, -0.05) is 79.2 Å². The molecular weight excluding hydrogens is 741 g/mol. The Hall–Kier alpha value is -3.94. The number of carbonyl (C=O) groups is 2. The fraction of sp³-hybridized carbons (Fsp3) is 0.647. The molecular formula is C51H68O8. The molecule has 2 aromatic carbocycles. The molecule has 1 heterocycles. The zero-order chi connectivity index (χ0) is 42.3. The van der Waals surface area contributed by atoms with E-state index < -0.39 is 18.2 Å². The molecule has 1 aliphatic heterocycles. The SMILES string of the molecule is COc1cc([C@@H]2Oc3cc(/C=C/C(=O)O[C@H]4CC[C@]5(C)[C@H]6CC=C7[C@@H]8CC(C)(C)CC[C@]8(C)CC[C@@]7(C)[C@]6(C)CC[C@H]5C4(C)C)ccc3O[C@H]2COC(C)=O)ccc1O. The van der Waals surface area contributed by atoms with Crippen molar-refractivity contribution in [2.24, 2.45) is 50.2 Å². The fourth-order valence-electron chi connectivity index (χ4n) is 13.8. The van der Waals surface area contributed by atoms with E-state index in [-0.39, 0.29) is 46.1 Å². The predicted molar refractivity (Wildman–Crippen MR) is 229 cm³/mol. The standard InChI is InChI=1S/C51H68O8/c1-31(52)56-30-40-45(33-13-15-36(53)38(28-33)55-10)58-39-27-32(11-16-37(39)57-40)12-18-44(54)59-43-20-21-49(7)41(47(43,4)5)19-22-51(9)42(49)17-14-34-35-29-46(2,3)23-24-48(35,6)25-26-50(34,51)8/h11-16,18,27-28,35,40-43,45,53H,17,19-26,29-30H2,1-10H3/b18-12+/t35-,40-,41-,42+,43-,45-,48+,49-,50+,51+/m0/s1. The number of fused-ring (bicyclic) bond motifs is 8. The van der Waals surface area contributed by atoms with Crippen molar-refractivity contribution in [2.45, 2.75) is 145 Å². The number of ether oxygens (including phenoxy) is 5. The van der Waals surface area contributed by atoms with E-state index in [2.05, 4.69) is 61.5 Å². The van der Waals surface area contributed by atoms with Crippen molar-refractivity contribution in [3.8, 4) is 23.0 Å². The molecule has 4 fully saturated rings. The molecule has 8 heteroatoms. The van der Waals surface area contributed by atoms with Crippen molar-refractivity contribution in [1.82, 2.24) is 0 Å². The third-order valence-electron chi connectivity index (χ3n) is 17.5. The Bertz CT molecular complexity index is 2050. The number of allylic oxidation sites excluding steroid dienone is 2. The lowest BCUT2D eigenvalue weighted by molar-refractivity contribution is -0.210. The molecule has 320 valence electrons. The molecule has 59 heavy (non-hydrogen) atoms. The maximum atomic E-state index is 13.6. The van der Waals surface area contributed by atoms with Gasteiger partial charge in [0.05, 0.1) is 7.11 Å². The summed E-state index contributed by atoms with van der Waals surface area (Å²) in [7, 11) is 1.48. The summed E-state index contributed by atoms with van der Waals surface area (Å²) in [5.41, 5.74) is 4.62. The Morgan fingerprint density at radius 2 is 1.63 bits per heavy atom. The summed E-state index contributed by atoms with van der Waals surface area (Å²) in [6.07, 6.45) is 16.8. The number of phenolic OH excluding ortho intramolecular Hbond substituents is 1. The van der Waals surface area contributed by atoms with E-state index in [1.54, 1.807) is 24.3 Å². The highest BCUT2D eigenvalue weighted by Crippen LogP contribution is 2.75. The van der Waals surface area contributed by atoms with Gasteiger partial charge in [0.2, 0.25) is 0 Å². The van der Waals surface area contributed by atoms with Crippen LogP contribution in [0.15, 0.2) is 54.1 Å². The van der Waals surface area contributed by atoms with E-state index in [9.17, 15) is 14.7 Å². The van der Waals surface area contributed by atoms with E-state index >= 15 is 0 Å². The highest BCUT2D eigenvalue weighted by molar-refractivity contribution is 5.87. The van der Waals surface area contributed by atoms with Gasteiger partial charge in [-0.2, -0.15) is 0 Å². The van der Waals surface area contributed by atoms with Crippen LogP contribution in [0.4, 0.5) is 0 Å². The van der Waals surface area contributed by atoms with Gasteiger partial charge < -0.3 is 28.8 Å². The average molecular weight is 809 g/mol. The van der Waals surface area contributed by atoms with Crippen LogP contribution >= 0.6 is 0 Å². The Balaban J connectivity index is 0.966. The molecule has 8 rings (SSSR count). The first-order chi connectivity index (χ1) is 27.7. The van der Waals surface area contributed by atoms with Crippen LogP contribution in [0, 0.1) is 50.2 Å². The molecule has 0 spiro atoms. The smallest absolute Gasteiger partial charge is 0.331 e. The molecule has 0 radical (unpaired) electrons. The van der Waals surface area contributed by atoms with Crippen LogP contribution in [-0.4, -0.2) is 43.0 Å². The number of carbonyl (C=O) groups excluding carboxylic acids is 2. The Morgan fingerprint density at radius 3 is 2.37 bits per heavy atom. The number of phenols is 1. The zero-order valence-corrected chi connectivity index (χ0v) is 37.2. The molecule has 1 N–H and O–H groups in total. The zero-order valence-electron chi connectivity index (χ0n) is 37.2. The number of hydrogen-bond acceptors (Lipinski definition) is 8. The third kappa shape index (κ3) is 6.96. The predicted octanol–water partition coefficient (Wildman–Crippen LogP) is 11.6. The maximum Gasteiger partial charge on any atom is 0.331 e. The second-order valence-corrected chi connectivity index (χ2v) is 21.6. The van der Waals surface area contributed by atoms with Gasteiger partial charge in [-0.05, 0) is 145 Å². The van der Waals surface area contributed by atoms with Gasteiger partial charge in [-0.3, -0.25) is 4.79 Å². The Morgan fingerprint density at radius 1 is 0.864 bits per heavy atom. The van der Waals surface area contributed by atoms with Gasteiger partial charge in [0, 0.05) is 24.0 Å². The van der Waals surface area contributed by atoms with Gasteiger partial charge in [-0.25, -0.2) is 4.79 Å². The van der Waals surface area contributed by atoms with Gasteiger partial charge in [0.1, 0.15) is 12.7 Å². The summed E-state index contributed by atoms with van der Waals surface area (Å²) in [5, 5.41) is 10.2. The van der Waals surface area contributed by atoms with Gasteiger partial charge in [-0.15, -0.1) is 0 Å². The highest BCUT2D eigenvalue weighted by Gasteiger charge is 2.68. The van der Waals surface area contributed by atoms with Crippen LogP contribution in [0.3, 0.4) is 0 Å². The first-order valence-electron chi connectivity index (χ1n) is 22.3. The van der Waals surface area contributed by atoms with Crippen LogP contribution in [-0.2, 0) is 19.1 Å². The molecule has 0 bridgehead atoms. The van der Waals surface area contributed by atoms with E-state index in [0.717, 1.165) is 18.4 Å². The van der Waals surface area contributed by atoms with Crippen LogP contribution < -0.4 is 14.2 Å². The van der Waals surface area contributed by atoms with Gasteiger partial charge in [0.15, 0.2) is 35.2 Å². The Labute approximate surface area is 352 Å². The van der Waals surface area contributed by atoms with Crippen LogP contribution in [0.5, 0.6) is 23.0 Å². The minimum absolute atomic E-state index is 0.00114. The lowest BCUT2D eigenvalue weighted by Gasteiger charge is -2.71. The largest absolute Gasteiger partial charge is 0.504 e. The summed E-state index contributed by atoms with van der Waals surface area (Å²) in [5.74, 6) is 2.29. The van der Waals surface area contributed by atoms with Gasteiger partial charge in [0.25, 0.3) is 0 Å². The summed E-state index contributed by atoms with van der Waals surface area (Å²) in [6, 6.07) is 10.4. The van der Waals surface area contributed by atoms with Crippen molar-refractivity contribution in [3.63, 3.8) is 0 Å². The summed E-state index contributed by atoms with van der Waals surface area (Å²) < 4.78 is 29.8. The highest BCUT2D eigenvalue weighted by atomic mass is 16.6. The molecule has 10 atom stereocenters. The molecule has 0 unspecified atom stereocenters. The third-order valence-corrected chi connectivity index (χ3v) is 17.5. The number of hydrogen-bond donors (Lipinski definition) is 1. The number of aromatic hydroxyl groups is 1. The van der Waals surface area contributed by atoms with Crippen molar-refractivity contribution >= 4 is 18.0 Å². The topological polar surface area (TPSA) is 101 Å². The summed E-state index contributed by atoms with van der Waals surface area (Å²) >= 11 is 0. The number of benzene rings is 2. The van der Waals surface area contributed by atoms with Crippen molar-refractivity contribution < 1.29 is 38.4 Å². The van der Waals surface area contributed by atoms with Crippen LogP contribution in [0.1, 0.15) is 144 Å². The molecule has 0 aromatic heterocycles. The van der Waals surface area contributed by atoms with Crippen LogP contribution in [0.2, 0.25) is 0 Å². The molecule has 0 amide bonds. The number of methoxy groups -OCH3 is 1. The summed E-state index contributed by atoms with van der Waals surface area (Å²) in [4.78, 5) is 25.3. The van der Waals surface area contributed by atoms with E-state index in [4.69, 9.17) is 23.7 Å². The number of esters is 2. The van der Waals surface area contributed by atoms with Crippen molar-refractivity contribution in [3.05, 3.63) is 65.3 Å². The minimum atomic E-state index is -0.658. The minimum Gasteiger partial charge on any atom is -0.504 e. The van der Waals surface area contributed by atoms with E-state index in [1.807, 2.05) is 17.7 Å². The quantitative estimate of drug-likeness (QED) is 0.168. The molecule has 0 saturated heterocycles. The normalized spacial score (nSPS) is 37.8.